The van der Waals surface area contributed by atoms with Crippen molar-refractivity contribution in [3.8, 4) is 5.75 Å². The van der Waals surface area contributed by atoms with Crippen molar-refractivity contribution in [3.63, 3.8) is 0 Å². The number of hydrogen-bond acceptors (Lipinski definition) is 4. The van der Waals surface area contributed by atoms with E-state index in [9.17, 15) is 4.79 Å². The predicted octanol–water partition coefficient (Wildman–Crippen LogP) is 2.86. The fraction of sp³-hybridized carbons (Fsp3) is 0.235. The summed E-state index contributed by atoms with van der Waals surface area (Å²) in [6.45, 7) is 1.22. The minimum Gasteiger partial charge on any atom is -0.497 e. The number of hydroxylamine groups is 1. The normalized spacial score (nSPS) is 10.6. The Morgan fingerprint density at radius 1 is 1.09 bits per heavy atom. The fourth-order valence-corrected chi connectivity index (χ4v) is 2.37. The van der Waals surface area contributed by atoms with Gasteiger partial charge in [-0.25, -0.2) is 5.48 Å². The van der Waals surface area contributed by atoms with Gasteiger partial charge < -0.3 is 4.74 Å². The molecule has 2 aromatic carbocycles. The van der Waals surface area contributed by atoms with E-state index in [0.29, 0.717) is 18.1 Å². The number of methoxy groups -OCH3 is 1. The highest BCUT2D eigenvalue weighted by atomic mass is 35.5. The second-order valence-electron chi connectivity index (χ2n) is 5.15. The third-order valence-electron chi connectivity index (χ3n) is 3.38. The van der Waals surface area contributed by atoms with Crippen molar-refractivity contribution in [2.45, 2.75) is 13.1 Å². The summed E-state index contributed by atoms with van der Waals surface area (Å²) in [6.07, 6.45) is 0. The van der Waals surface area contributed by atoms with Crippen LogP contribution in [0.15, 0.2) is 48.5 Å². The monoisotopic (exact) mass is 334 g/mol. The van der Waals surface area contributed by atoms with Gasteiger partial charge in [-0.15, -0.1) is 0 Å². The molecule has 2 N–H and O–H groups in total. The zero-order valence-corrected chi connectivity index (χ0v) is 13.6. The van der Waals surface area contributed by atoms with E-state index in [1.165, 1.54) is 0 Å². The summed E-state index contributed by atoms with van der Waals surface area (Å²) in [5.41, 5.74) is 3.76. The molecule has 6 heteroatoms. The van der Waals surface area contributed by atoms with E-state index in [1.54, 1.807) is 12.6 Å². The van der Waals surface area contributed by atoms with E-state index in [4.69, 9.17) is 21.5 Å². The molecule has 0 unspecified atom stereocenters. The van der Waals surface area contributed by atoms with E-state index in [-0.39, 0.29) is 6.54 Å². The Morgan fingerprint density at radius 3 is 2.09 bits per heavy atom. The summed E-state index contributed by atoms with van der Waals surface area (Å²) in [7, 11) is 1.62. The predicted molar refractivity (Wildman–Crippen MR) is 88.5 cm³/mol. The van der Waals surface area contributed by atoms with Gasteiger partial charge in [-0.2, -0.15) is 0 Å². The third kappa shape index (κ3) is 5.56. The Hall–Kier alpha value is -2.08. The Labute approximate surface area is 140 Å². The summed E-state index contributed by atoms with van der Waals surface area (Å²) in [5, 5.41) is 9.43. The fourth-order valence-electron chi connectivity index (χ4n) is 2.24. The van der Waals surface area contributed by atoms with Crippen molar-refractivity contribution >= 4 is 17.5 Å². The number of rotatable bonds is 7. The molecule has 0 aliphatic rings. The van der Waals surface area contributed by atoms with Gasteiger partial charge in [-0.3, -0.25) is 14.9 Å². The molecule has 0 saturated heterocycles. The van der Waals surface area contributed by atoms with Crippen molar-refractivity contribution < 1.29 is 14.7 Å². The van der Waals surface area contributed by atoms with Gasteiger partial charge >= 0.3 is 0 Å². The molecule has 5 nitrogen and oxygen atoms in total. The van der Waals surface area contributed by atoms with Gasteiger partial charge in [0.15, 0.2) is 0 Å². The SMILES string of the molecule is COc1ccc(CN(CC(=O)NO)Cc2ccc(Cl)cc2)cc1. The first kappa shape index (κ1) is 17.3. The van der Waals surface area contributed by atoms with E-state index in [1.807, 2.05) is 53.4 Å². The lowest BCUT2D eigenvalue weighted by Gasteiger charge is -2.21. The van der Waals surface area contributed by atoms with Crippen LogP contribution < -0.4 is 10.2 Å². The highest BCUT2D eigenvalue weighted by Crippen LogP contribution is 2.16. The van der Waals surface area contributed by atoms with Crippen molar-refractivity contribution in [2.24, 2.45) is 0 Å². The second-order valence-corrected chi connectivity index (χ2v) is 5.59. The van der Waals surface area contributed by atoms with Crippen LogP contribution in [0.5, 0.6) is 5.75 Å². The first-order valence-corrected chi connectivity index (χ1v) is 7.51. The quantitative estimate of drug-likeness (QED) is 0.604. The molecule has 0 aromatic heterocycles. The molecule has 1 amide bonds. The third-order valence-corrected chi connectivity index (χ3v) is 3.63. The van der Waals surface area contributed by atoms with Gasteiger partial charge in [-0.05, 0) is 35.4 Å². The molecule has 0 heterocycles. The summed E-state index contributed by atoms with van der Waals surface area (Å²) in [4.78, 5) is 13.4. The maximum absolute atomic E-state index is 11.5. The van der Waals surface area contributed by atoms with Crippen LogP contribution in [0.3, 0.4) is 0 Å². The van der Waals surface area contributed by atoms with E-state index < -0.39 is 5.91 Å². The lowest BCUT2D eigenvalue weighted by atomic mass is 10.1. The molecular formula is C17H19ClN2O3. The molecule has 122 valence electrons. The van der Waals surface area contributed by atoms with Crippen LogP contribution in [0.4, 0.5) is 0 Å². The zero-order chi connectivity index (χ0) is 16.7. The van der Waals surface area contributed by atoms with Gasteiger partial charge in [-0.1, -0.05) is 35.9 Å². The maximum atomic E-state index is 11.5. The van der Waals surface area contributed by atoms with Crippen LogP contribution in [-0.4, -0.2) is 29.7 Å². The average Bonchev–Trinajstić information content (AvgIpc) is 2.57. The van der Waals surface area contributed by atoms with Crippen molar-refractivity contribution in [1.29, 1.82) is 0 Å². The lowest BCUT2D eigenvalue weighted by Crippen LogP contribution is -2.35. The van der Waals surface area contributed by atoms with Crippen LogP contribution in [0.1, 0.15) is 11.1 Å². The zero-order valence-electron chi connectivity index (χ0n) is 12.8. The minimum atomic E-state index is -0.451. The number of carbonyl (C=O) groups excluding carboxylic acids is 1. The summed E-state index contributed by atoms with van der Waals surface area (Å²) < 4.78 is 5.14. The molecule has 0 spiro atoms. The molecule has 0 radical (unpaired) electrons. The largest absolute Gasteiger partial charge is 0.497 e. The van der Waals surface area contributed by atoms with Crippen LogP contribution >= 0.6 is 11.6 Å². The average molecular weight is 335 g/mol. The molecule has 23 heavy (non-hydrogen) atoms. The van der Waals surface area contributed by atoms with E-state index >= 15 is 0 Å². The van der Waals surface area contributed by atoms with Crippen molar-refractivity contribution in [3.05, 3.63) is 64.7 Å². The Morgan fingerprint density at radius 2 is 1.61 bits per heavy atom. The number of hydrogen-bond donors (Lipinski definition) is 2. The summed E-state index contributed by atoms with van der Waals surface area (Å²) in [6, 6.07) is 15.1. The molecule has 0 aliphatic carbocycles. The van der Waals surface area contributed by atoms with Gasteiger partial charge in [0, 0.05) is 18.1 Å². The minimum absolute atomic E-state index is 0.0884. The molecule has 2 aromatic rings. The van der Waals surface area contributed by atoms with Crippen LogP contribution in [0.25, 0.3) is 0 Å². The van der Waals surface area contributed by atoms with E-state index in [2.05, 4.69) is 0 Å². The highest BCUT2D eigenvalue weighted by Gasteiger charge is 2.12. The Bertz CT molecular complexity index is 629. The van der Waals surface area contributed by atoms with Gasteiger partial charge in [0.2, 0.25) is 0 Å². The molecule has 0 atom stereocenters. The standard InChI is InChI=1S/C17H19ClN2O3/c1-23-16-8-4-14(5-9-16)11-20(12-17(21)19-22)10-13-2-6-15(18)7-3-13/h2-9,22H,10-12H2,1H3,(H,19,21). The maximum Gasteiger partial charge on any atom is 0.257 e. The molecule has 2 rings (SSSR count). The van der Waals surface area contributed by atoms with E-state index in [0.717, 1.165) is 16.9 Å². The first-order chi connectivity index (χ1) is 11.1. The van der Waals surface area contributed by atoms with Crippen molar-refractivity contribution in [2.75, 3.05) is 13.7 Å². The first-order valence-electron chi connectivity index (χ1n) is 7.13. The number of amides is 1. The number of halogens is 1. The number of benzene rings is 2. The Kier molecular flexibility index (Phi) is 6.40. The van der Waals surface area contributed by atoms with Crippen LogP contribution in [0.2, 0.25) is 5.02 Å². The number of nitrogens with zero attached hydrogens (tertiary/aromatic N) is 1. The van der Waals surface area contributed by atoms with Crippen LogP contribution in [0, 0.1) is 0 Å². The van der Waals surface area contributed by atoms with Gasteiger partial charge in [0.05, 0.1) is 13.7 Å². The number of ether oxygens (including phenoxy) is 1. The summed E-state index contributed by atoms with van der Waals surface area (Å²) >= 11 is 5.89. The molecule has 0 aliphatic heterocycles. The molecule has 0 bridgehead atoms. The highest BCUT2D eigenvalue weighted by molar-refractivity contribution is 6.30. The van der Waals surface area contributed by atoms with Crippen molar-refractivity contribution in [1.82, 2.24) is 10.4 Å². The van der Waals surface area contributed by atoms with Gasteiger partial charge in [0.25, 0.3) is 5.91 Å². The Balaban J connectivity index is 2.09. The number of carbonyl (C=O) groups is 1. The van der Waals surface area contributed by atoms with Gasteiger partial charge in [0.1, 0.15) is 5.75 Å². The summed E-state index contributed by atoms with van der Waals surface area (Å²) in [5.74, 6) is 0.332. The molecular weight excluding hydrogens is 316 g/mol. The smallest absolute Gasteiger partial charge is 0.257 e. The lowest BCUT2D eigenvalue weighted by molar-refractivity contribution is -0.130. The topological polar surface area (TPSA) is 61.8 Å². The molecule has 0 saturated carbocycles. The second kappa shape index (κ2) is 8.53. The van der Waals surface area contributed by atoms with Crippen LogP contribution in [-0.2, 0) is 17.9 Å². The molecule has 0 fully saturated rings. The number of nitrogens with one attached hydrogen (secondary N) is 1.